The van der Waals surface area contributed by atoms with Gasteiger partial charge in [0.15, 0.2) is 0 Å². The van der Waals surface area contributed by atoms with Gasteiger partial charge in [0.2, 0.25) is 0 Å². The second-order valence-corrected chi connectivity index (χ2v) is 7.51. The first-order valence-electron chi connectivity index (χ1n) is 9.53. The van der Waals surface area contributed by atoms with Crippen molar-refractivity contribution in [2.45, 2.75) is 39.0 Å². The molecule has 3 rings (SSSR count). The number of benzene rings is 1. The van der Waals surface area contributed by atoms with Gasteiger partial charge in [0.05, 0.1) is 17.1 Å². The molecule has 0 bridgehead atoms. The van der Waals surface area contributed by atoms with Crippen LogP contribution in [0.3, 0.4) is 0 Å². The van der Waals surface area contributed by atoms with Crippen molar-refractivity contribution in [2.24, 2.45) is 5.92 Å². The Balaban J connectivity index is 2.24. The number of aliphatic carboxylic acids is 2. The molecule has 3 N–H and O–H groups in total. The first-order valence-corrected chi connectivity index (χ1v) is 9.53. The van der Waals surface area contributed by atoms with Crippen LogP contribution in [-0.4, -0.2) is 40.1 Å². The van der Waals surface area contributed by atoms with E-state index in [9.17, 15) is 24.2 Å². The zero-order valence-electron chi connectivity index (χ0n) is 16.0. The Labute approximate surface area is 163 Å². The van der Waals surface area contributed by atoms with Crippen LogP contribution in [0.5, 0.6) is 0 Å². The van der Waals surface area contributed by atoms with Crippen molar-refractivity contribution < 1.29 is 24.2 Å². The lowest BCUT2D eigenvalue weighted by Gasteiger charge is -2.39. The summed E-state index contributed by atoms with van der Waals surface area (Å²) in [5.74, 6) is -3.49. The van der Waals surface area contributed by atoms with Gasteiger partial charge >= 0.3 is 11.9 Å². The number of hydrogen-bond acceptors (Lipinski definition) is 4. The Morgan fingerprint density at radius 3 is 2.11 bits per heavy atom. The van der Waals surface area contributed by atoms with E-state index < -0.39 is 23.7 Å². The predicted octanol–water partition coefficient (Wildman–Crippen LogP) is 3.29. The summed E-state index contributed by atoms with van der Waals surface area (Å²) in [6.07, 6.45) is 2.98. The highest BCUT2D eigenvalue weighted by Crippen LogP contribution is 2.41. The van der Waals surface area contributed by atoms with Gasteiger partial charge in [0.1, 0.15) is 11.6 Å². The maximum atomic E-state index is 13.5. The second-order valence-electron chi connectivity index (χ2n) is 7.51. The van der Waals surface area contributed by atoms with Crippen LogP contribution in [0.25, 0.3) is 0 Å². The van der Waals surface area contributed by atoms with Gasteiger partial charge in [-0.2, -0.15) is 0 Å². The molecule has 7 heteroatoms. The number of allylic oxidation sites excluding steroid dienone is 1. The van der Waals surface area contributed by atoms with E-state index in [2.05, 4.69) is 5.32 Å². The number of carboxylic acids is 2. The number of nitrogens with zero attached hydrogens (tertiary/aromatic N) is 1. The highest BCUT2D eigenvalue weighted by molar-refractivity contribution is 5.98. The normalized spacial score (nSPS) is 20.4. The fourth-order valence-electron chi connectivity index (χ4n) is 3.97. The summed E-state index contributed by atoms with van der Waals surface area (Å²) in [6, 6.07) is 5.38. The number of carbonyl (C=O) groups is 2. The second kappa shape index (κ2) is 8.04. The number of carboxylic acid groups (broad SMARTS) is 2. The summed E-state index contributed by atoms with van der Waals surface area (Å²) in [5, 5.41) is 23.1. The van der Waals surface area contributed by atoms with Crippen LogP contribution in [0.1, 0.15) is 44.6 Å². The third kappa shape index (κ3) is 3.74. The largest absolute Gasteiger partial charge is 0.478 e. The SMILES string of the molecule is CC(C)C1=C(C(=O)O)C(c2ccc(F)cc2)C(C(=O)O)=C(N2CCCCC2)N1. The molecule has 1 aromatic carbocycles. The van der Waals surface area contributed by atoms with Crippen molar-refractivity contribution in [3.63, 3.8) is 0 Å². The minimum Gasteiger partial charge on any atom is -0.478 e. The van der Waals surface area contributed by atoms with Crippen LogP contribution in [0, 0.1) is 11.7 Å². The van der Waals surface area contributed by atoms with Crippen molar-refractivity contribution in [3.05, 3.63) is 58.3 Å². The molecular weight excluding hydrogens is 363 g/mol. The molecule has 0 radical (unpaired) electrons. The Morgan fingerprint density at radius 1 is 1.04 bits per heavy atom. The van der Waals surface area contributed by atoms with Crippen molar-refractivity contribution in [2.75, 3.05) is 13.1 Å². The van der Waals surface area contributed by atoms with Gasteiger partial charge in [-0.3, -0.25) is 0 Å². The number of rotatable bonds is 5. The van der Waals surface area contributed by atoms with E-state index in [1.54, 1.807) is 0 Å². The smallest absolute Gasteiger partial charge is 0.336 e. The standard InChI is InChI=1S/C21H25FN2O4/c1-12(2)18-16(20(25)26)15(13-6-8-14(22)9-7-13)17(21(27)28)19(23-18)24-10-4-3-5-11-24/h6-9,12,15,23H,3-5,10-11H2,1-2H3,(H,25,26)(H,27,28). The molecule has 0 spiro atoms. The molecule has 2 aliphatic heterocycles. The Bertz CT molecular complexity index is 836. The summed E-state index contributed by atoms with van der Waals surface area (Å²) < 4.78 is 13.5. The molecule has 0 saturated carbocycles. The number of hydrogen-bond donors (Lipinski definition) is 3. The van der Waals surface area contributed by atoms with Crippen LogP contribution in [0.4, 0.5) is 4.39 Å². The lowest BCUT2D eigenvalue weighted by atomic mass is 9.79. The third-order valence-electron chi connectivity index (χ3n) is 5.29. The molecule has 1 aromatic rings. The molecule has 2 heterocycles. The number of piperidine rings is 1. The summed E-state index contributed by atoms with van der Waals surface area (Å²) in [5.41, 5.74) is 0.938. The van der Waals surface area contributed by atoms with Crippen molar-refractivity contribution in [1.82, 2.24) is 10.2 Å². The maximum Gasteiger partial charge on any atom is 0.336 e. The zero-order valence-corrected chi connectivity index (χ0v) is 16.0. The molecule has 0 aliphatic carbocycles. The predicted molar refractivity (Wildman–Crippen MR) is 102 cm³/mol. The van der Waals surface area contributed by atoms with Gasteiger partial charge in [-0.05, 0) is 42.9 Å². The summed E-state index contributed by atoms with van der Waals surface area (Å²) >= 11 is 0. The molecule has 1 unspecified atom stereocenters. The van der Waals surface area contributed by atoms with Gasteiger partial charge in [0.25, 0.3) is 0 Å². The van der Waals surface area contributed by atoms with Crippen LogP contribution in [0.2, 0.25) is 0 Å². The number of nitrogens with one attached hydrogen (secondary N) is 1. The van der Waals surface area contributed by atoms with Gasteiger partial charge in [-0.15, -0.1) is 0 Å². The molecule has 1 fully saturated rings. The van der Waals surface area contributed by atoms with E-state index in [1.165, 1.54) is 24.3 Å². The summed E-state index contributed by atoms with van der Waals surface area (Å²) in [4.78, 5) is 26.4. The van der Waals surface area contributed by atoms with E-state index in [0.29, 0.717) is 30.2 Å². The van der Waals surface area contributed by atoms with Gasteiger partial charge < -0.3 is 20.4 Å². The first kappa shape index (κ1) is 19.9. The average Bonchev–Trinajstić information content (AvgIpc) is 2.67. The Morgan fingerprint density at radius 2 is 1.61 bits per heavy atom. The molecule has 2 aliphatic rings. The van der Waals surface area contributed by atoms with Crippen LogP contribution in [0.15, 0.2) is 46.9 Å². The highest BCUT2D eigenvalue weighted by atomic mass is 19.1. The summed E-state index contributed by atoms with van der Waals surface area (Å²) in [6.45, 7) is 5.16. The Kier molecular flexibility index (Phi) is 5.72. The summed E-state index contributed by atoms with van der Waals surface area (Å²) in [7, 11) is 0. The first-order chi connectivity index (χ1) is 13.3. The fourth-order valence-corrected chi connectivity index (χ4v) is 3.97. The molecule has 0 aromatic heterocycles. The quantitative estimate of drug-likeness (QED) is 0.717. The molecule has 28 heavy (non-hydrogen) atoms. The third-order valence-corrected chi connectivity index (χ3v) is 5.29. The minimum absolute atomic E-state index is 0.000215. The van der Waals surface area contributed by atoms with E-state index in [1.807, 2.05) is 18.7 Å². The van der Waals surface area contributed by atoms with Crippen LogP contribution in [-0.2, 0) is 9.59 Å². The monoisotopic (exact) mass is 388 g/mol. The zero-order chi connectivity index (χ0) is 20.4. The minimum atomic E-state index is -1.18. The van der Waals surface area contributed by atoms with E-state index in [-0.39, 0.29) is 17.1 Å². The molecule has 6 nitrogen and oxygen atoms in total. The molecule has 1 saturated heterocycles. The number of halogens is 1. The van der Waals surface area contributed by atoms with Crippen LogP contribution < -0.4 is 5.32 Å². The maximum absolute atomic E-state index is 13.5. The topological polar surface area (TPSA) is 89.9 Å². The number of likely N-dealkylation sites (tertiary alicyclic amines) is 1. The molecule has 1 atom stereocenters. The van der Waals surface area contributed by atoms with Crippen LogP contribution >= 0.6 is 0 Å². The van der Waals surface area contributed by atoms with Gasteiger partial charge in [-0.1, -0.05) is 26.0 Å². The van der Waals surface area contributed by atoms with Gasteiger partial charge in [0, 0.05) is 18.8 Å². The molecule has 150 valence electrons. The highest BCUT2D eigenvalue weighted by Gasteiger charge is 2.40. The van der Waals surface area contributed by atoms with E-state index >= 15 is 0 Å². The number of dihydropyridines is 1. The van der Waals surface area contributed by atoms with Gasteiger partial charge in [-0.25, -0.2) is 14.0 Å². The Hall–Kier alpha value is -2.83. The molecule has 0 amide bonds. The lowest BCUT2D eigenvalue weighted by Crippen LogP contribution is -2.43. The fraction of sp³-hybridized carbons (Fsp3) is 0.429. The van der Waals surface area contributed by atoms with E-state index in [4.69, 9.17) is 0 Å². The van der Waals surface area contributed by atoms with Crippen molar-refractivity contribution >= 4 is 11.9 Å². The lowest BCUT2D eigenvalue weighted by molar-refractivity contribution is -0.133. The molecular formula is C21H25FN2O4. The van der Waals surface area contributed by atoms with Crippen molar-refractivity contribution in [1.29, 1.82) is 0 Å². The van der Waals surface area contributed by atoms with E-state index in [0.717, 1.165) is 19.3 Å². The average molecular weight is 388 g/mol. The van der Waals surface area contributed by atoms with Crippen molar-refractivity contribution in [3.8, 4) is 0 Å².